The zero-order valence-electron chi connectivity index (χ0n) is 13.5. The van der Waals surface area contributed by atoms with Crippen LogP contribution in [0.4, 0.5) is 5.69 Å². The molecule has 1 aromatic heterocycles. The summed E-state index contributed by atoms with van der Waals surface area (Å²) >= 11 is 0. The average Bonchev–Trinajstić information content (AvgIpc) is 3.09. The van der Waals surface area contributed by atoms with Crippen LogP contribution in [-0.2, 0) is 9.53 Å². The summed E-state index contributed by atoms with van der Waals surface area (Å²) in [6.45, 7) is -0.501. The fraction of sp³-hybridized carbons (Fsp3) is 0.105. The maximum Gasteiger partial charge on any atom is 0.374 e. The molecule has 7 nitrogen and oxygen atoms in total. The summed E-state index contributed by atoms with van der Waals surface area (Å²) in [5.41, 5.74) is 1.28. The molecule has 2 heterocycles. The Labute approximate surface area is 147 Å². The number of hydrogen-bond donors (Lipinski definition) is 1. The topological polar surface area (TPSA) is 94.8 Å². The molecule has 2 aromatic carbocycles. The number of esters is 1. The van der Waals surface area contributed by atoms with Gasteiger partial charge in [0.15, 0.2) is 19.0 Å². The van der Waals surface area contributed by atoms with Gasteiger partial charge in [0.2, 0.25) is 5.76 Å². The number of fused-ring (bicyclic) bond motifs is 2. The summed E-state index contributed by atoms with van der Waals surface area (Å²) in [6, 6.07) is 13.4. The van der Waals surface area contributed by atoms with Gasteiger partial charge in [-0.05, 0) is 30.3 Å². The quantitative estimate of drug-likeness (QED) is 0.574. The number of furan rings is 1. The summed E-state index contributed by atoms with van der Waals surface area (Å²) < 4.78 is 15.7. The second-order valence-electron chi connectivity index (χ2n) is 5.70. The van der Waals surface area contributed by atoms with Crippen LogP contribution < -0.4 is 10.1 Å². The molecule has 0 spiro atoms. The molecule has 26 heavy (non-hydrogen) atoms. The van der Waals surface area contributed by atoms with Crippen molar-refractivity contribution in [3.63, 3.8) is 0 Å². The number of carbonyl (C=O) groups is 3. The Morgan fingerprint density at radius 1 is 1.12 bits per heavy atom. The van der Waals surface area contributed by atoms with Crippen molar-refractivity contribution < 1.29 is 28.3 Å². The number of hydrogen-bond acceptors (Lipinski definition) is 6. The van der Waals surface area contributed by atoms with Gasteiger partial charge < -0.3 is 19.2 Å². The predicted molar refractivity (Wildman–Crippen MR) is 91.4 cm³/mol. The van der Waals surface area contributed by atoms with Crippen molar-refractivity contribution in [2.24, 2.45) is 0 Å². The van der Waals surface area contributed by atoms with Gasteiger partial charge in [-0.2, -0.15) is 0 Å². The van der Waals surface area contributed by atoms with E-state index < -0.39 is 18.4 Å². The van der Waals surface area contributed by atoms with Crippen molar-refractivity contribution in [2.45, 2.75) is 0 Å². The van der Waals surface area contributed by atoms with Crippen LogP contribution in [0.2, 0.25) is 0 Å². The van der Waals surface area contributed by atoms with Gasteiger partial charge in [0, 0.05) is 10.9 Å². The summed E-state index contributed by atoms with van der Waals surface area (Å²) in [6.07, 6.45) is 0. The maximum absolute atomic E-state index is 12.3. The number of ketones is 1. The van der Waals surface area contributed by atoms with Crippen molar-refractivity contribution >= 4 is 34.3 Å². The lowest BCUT2D eigenvalue weighted by atomic mass is 10.1. The van der Waals surface area contributed by atoms with Crippen molar-refractivity contribution in [1.82, 2.24) is 0 Å². The molecule has 0 bridgehead atoms. The standard InChI is InChI=1S/C19H13NO6/c21-14(11-5-6-16-13(7-11)20-18(22)10-24-16)9-25-19(23)17-8-12-3-1-2-4-15(12)26-17/h1-8H,9-10H2,(H,20,22). The van der Waals surface area contributed by atoms with Crippen LogP contribution in [0, 0.1) is 0 Å². The van der Waals surface area contributed by atoms with E-state index in [1.165, 1.54) is 6.07 Å². The lowest BCUT2D eigenvalue weighted by molar-refractivity contribution is -0.118. The van der Waals surface area contributed by atoms with Gasteiger partial charge in [-0.25, -0.2) is 4.79 Å². The van der Waals surface area contributed by atoms with E-state index in [1.54, 1.807) is 30.3 Å². The van der Waals surface area contributed by atoms with Crippen molar-refractivity contribution in [1.29, 1.82) is 0 Å². The van der Waals surface area contributed by atoms with Crippen LogP contribution in [-0.4, -0.2) is 30.9 Å². The van der Waals surface area contributed by atoms with Crippen LogP contribution in [0.1, 0.15) is 20.9 Å². The van der Waals surface area contributed by atoms with Crippen molar-refractivity contribution in [2.75, 3.05) is 18.5 Å². The smallest absolute Gasteiger partial charge is 0.374 e. The monoisotopic (exact) mass is 351 g/mol. The number of carbonyl (C=O) groups excluding carboxylic acids is 3. The van der Waals surface area contributed by atoms with Crippen LogP contribution >= 0.6 is 0 Å². The summed E-state index contributed by atoms with van der Waals surface area (Å²) in [5, 5.41) is 3.40. The molecule has 7 heteroatoms. The van der Waals surface area contributed by atoms with Gasteiger partial charge >= 0.3 is 5.97 Å². The van der Waals surface area contributed by atoms with E-state index in [0.29, 0.717) is 22.6 Å². The molecule has 0 atom stereocenters. The van der Waals surface area contributed by atoms with Crippen molar-refractivity contribution in [3.05, 3.63) is 59.9 Å². The minimum absolute atomic E-state index is 0.0325. The first-order chi connectivity index (χ1) is 12.6. The molecule has 1 aliphatic rings. The number of ether oxygens (including phenoxy) is 2. The second-order valence-corrected chi connectivity index (χ2v) is 5.70. The maximum atomic E-state index is 12.3. The van der Waals surface area contributed by atoms with Gasteiger partial charge in [0.1, 0.15) is 11.3 Å². The number of para-hydroxylation sites is 1. The second kappa shape index (κ2) is 6.36. The molecule has 0 saturated carbocycles. The first-order valence-corrected chi connectivity index (χ1v) is 7.86. The molecule has 0 radical (unpaired) electrons. The molecule has 4 rings (SSSR count). The number of nitrogens with one attached hydrogen (secondary N) is 1. The first-order valence-electron chi connectivity index (χ1n) is 7.86. The van der Waals surface area contributed by atoms with Crippen LogP contribution in [0.25, 0.3) is 11.0 Å². The fourth-order valence-electron chi connectivity index (χ4n) is 2.62. The highest BCUT2D eigenvalue weighted by Crippen LogP contribution is 2.28. The molecule has 0 fully saturated rings. The average molecular weight is 351 g/mol. The van der Waals surface area contributed by atoms with Gasteiger partial charge in [-0.3, -0.25) is 9.59 Å². The minimum Gasteiger partial charge on any atom is -0.482 e. The molecule has 1 N–H and O–H groups in total. The molecular formula is C19H13NO6. The fourth-order valence-corrected chi connectivity index (χ4v) is 2.62. The Bertz CT molecular complexity index is 1000. The van der Waals surface area contributed by atoms with Gasteiger partial charge in [0.05, 0.1) is 5.69 Å². The SMILES string of the molecule is O=C1COc2ccc(C(=O)COC(=O)c3cc4ccccc4o3)cc2N1. The lowest BCUT2D eigenvalue weighted by Gasteiger charge is -2.18. The summed E-state index contributed by atoms with van der Waals surface area (Å²) in [5.74, 6) is -0.898. The third kappa shape index (κ3) is 3.02. The lowest BCUT2D eigenvalue weighted by Crippen LogP contribution is -2.25. The third-order valence-corrected chi connectivity index (χ3v) is 3.90. The highest BCUT2D eigenvalue weighted by Gasteiger charge is 2.19. The zero-order chi connectivity index (χ0) is 18.1. The molecule has 0 aliphatic carbocycles. The first kappa shape index (κ1) is 15.9. The van der Waals surface area contributed by atoms with E-state index >= 15 is 0 Å². The molecule has 1 aliphatic heterocycles. The molecule has 0 saturated heterocycles. The van der Waals surface area contributed by atoms with E-state index in [-0.39, 0.29) is 18.3 Å². The number of Topliss-reactive ketones (excluding diaryl/α,β-unsaturated/α-hetero) is 1. The number of anilines is 1. The highest BCUT2D eigenvalue weighted by atomic mass is 16.5. The van der Waals surface area contributed by atoms with E-state index in [9.17, 15) is 14.4 Å². The van der Waals surface area contributed by atoms with E-state index in [4.69, 9.17) is 13.9 Å². The number of rotatable bonds is 4. The van der Waals surface area contributed by atoms with Crippen LogP contribution in [0.15, 0.2) is 52.9 Å². The number of amides is 1. The van der Waals surface area contributed by atoms with E-state index in [2.05, 4.69) is 5.32 Å². The molecule has 1 amide bonds. The Balaban J connectivity index is 1.44. The Morgan fingerprint density at radius 3 is 2.81 bits per heavy atom. The normalized spacial score (nSPS) is 12.8. The summed E-state index contributed by atoms with van der Waals surface area (Å²) in [7, 11) is 0. The molecular weight excluding hydrogens is 338 g/mol. The van der Waals surface area contributed by atoms with Crippen LogP contribution in [0.5, 0.6) is 5.75 Å². The zero-order valence-corrected chi connectivity index (χ0v) is 13.5. The number of benzene rings is 2. The molecule has 0 unspecified atom stereocenters. The molecule has 3 aromatic rings. The Hall–Kier alpha value is -3.61. The molecule has 130 valence electrons. The van der Waals surface area contributed by atoms with Crippen molar-refractivity contribution in [3.8, 4) is 5.75 Å². The highest BCUT2D eigenvalue weighted by molar-refractivity contribution is 6.02. The van der Waals surface area contributed by atoms with E-state index in [1.807, 2.05) is 12.1 Å². The van der Waals surface area contributed by atoms with Gasteiger partial charge in [-0.15, -0.1) is 0 Å². The minimum atomic E-state index is -0.718. The van der Waals surface area contributed by atoms with Crippen LogP contribution in [0.3, 0.4) is 0 Å². The third-order valence-electron chi connectivity index (χ3n) is 3.90. The summed E-state index contributed by atoms with van der Waals surface area (Å²) in [4.78, 5) is 35.7. The van der Waals surface area contributed by atoms with E-state index in [0.717, 1.165) is 5.39 Å². The Morgan fingerprint density at radius 2 is 1.96 bits per heavy atom. The largest absolute Gasteiger partial charge is 0.482 e. The van der Waals surface area contributed by atoms with Gasteiger partial charge in [0.25, 0.3) is 5.91 Å². The predicted octanol–water partition coefficient (Wildman–Crippen LogP) is 2.80. The van der Waals surface area contributed by atoms with Gasteiger partial charge in [-0.1, -0.05) is 18.2 Å². The Kier molecular flexibility index (Phi) is 3.89.